The number of anilines is 2. The Hall–Kier alpha value is -1.20. The number of carbonyl (C=O) groups is 1. The van der Waals surface area contributed by atoms with E-state index in [0.29, 0.717) is 11.9 Å². The molecule has 2 heterocycles. The molecule has 2 aliphatic rings. The van der Waals surface area contributed by atoms with E-state index < -0.39 is 0 Å². The van der Waals surface area contributed by atoms with Gasteiger partial charge in [0.2, 0.25) is 5.91 Å². The zero-order chi connectivity index (χ0) is 15.4. The summed E-state index contributed by atoms with van der Waals surface area (Å²) < 4.78 is 5.71. The van der Waals surface area contributed by atoms with Crippen LogP contribution in [0.25, 0.3) is 0 Å². The van der Waals surface area contributed by atoms with Crippen molar-refractivity contribution in [2.75, 3.05) is 35.3 Å². The summed E-state index contributed by atoms with van der Waals surface area (Å²) in [6.07, 6.45) is 5.84. The Bertz CT molecular complexity index is 529. The van der Waals surface area contributed by atoms with Crippen LogP contribution >= 0.6 is 11.8 Å². The molecule has 2 N–H and O–H groups in total. The number of hydrogen-bond acceptors (Lipinski definition) is 4. The third-order valence-corrected chi connectivity index (χ3v) is 5.45. The Labute approximate surface area is 136 Å². The van der Waals surface area contributed by atoms with Crippen LogP contribution in [0.3, 0.4) is 0 Å². The molecule has 22 heavy (non-hydrogen) atoms. The van der Waals surface area contributed by atoms with Crippen molar-refractivity contribution in [3.8, 4) is 0 Å². The summed E-state index contributed by atoms with van der Waals surface area (Å²) in [6.45, 7) is 1.67. The number of nitrogen functional groups attached to an aromatic ring is 1. The predicted octanol–water partition coefficient (Wildman–Crippen LogP) is 2.85. The monoisotopic (exact) mass is 320 g/mol. The van der Waals surface area contributed by atoms with Gasteiger partial charge in [0, 0.05) is 30.3 Å². The molecule has 0 spiro atoms. The van der Waals surface area contributed by atoms with Gasteiger partial charge in [0.1, 0.15) is 0 Å². The van der Waals surface area contributed by atoms with Crippen molar-refractivity contribution in [1.29, 1.82) is 0 Å². The van der Waals surface area contributed by atoms with Gasteiger partial charge in [0.25, 0.3) is 0 Å². The molecule has 1 aromatic carbocycles. The first-order valence-electron chi connectivity index (χ1n) is 8.13. The summed E-state index contributed by atoms with van der Waals surface area (Å²) in [5.41, 5.74) is 8.98. The zero-order valence-corrected chi connectivity index (χ0v) is 13.7. The van der Waals surface area contributed by atoms with E-state index in [1.807, 2.05) is 23.1 Å². The van der Waals surface area contributed by atoms with Crippen molar-refractivity contribution in [2.24, 2.45) is 0 Å². The number of fused-ring (bicyclic) bond motifs is 1. The van der Waals surface area contributed by atoms with Gasteiger partial charge in [0.15, 0.2) is 0 Å². The lowest BCUT2D eigenvalue weighted by Crippen LogP contribution is -2.37. The summed E-state index contributed by atoms with van der Waals surface area (Å²) in [5.74, 6) is 1.63. The van der Waals surface area contributed by atoms with Crippen molar-refractivity contribution in [3.63, 3.8) is 0 Å². The smallest absolute Gasteiger partial charge is 0.236 e. The highest BCUT2D eigenvalue weighted by Gasteiger charge is 2.24. The summed E-state index contributed by atoms with van der Waals surface area (Å²) in [4.78, 5) is 14.4. The van der Waals surface area contributed by atoms with Crippen LogP contribution in [-0.4, -0.2) is 36.7 Å². The number of carbonyl (C=O) groups excluding carboxylic acids is 1. The molecule has 1 saturated heterocycles. The molecule has 1 atom stereocenters. The SMILES string of the molecule is Nc1cccc2c1CCCN2C(=O)CSCC1CCCCO1. The minimum atomic E-state index is 0.187. The second-order valence-corrected chi connectivity index (χ2v) is 7.03. The highest BCUT2D eigenvalue weighted by molar-refractivity contribution is 8.00. The maximum absolute atomic E-state index is 12.5. The Morgan fingerprint density at radius 2 is 2.27 bits per heavy atom. The predicted molar refractivity (Wildman–Crippen MR) is 92.4 cm³/mol. The maximum Gasteiger partial charge on any atom is 0.236 e. The fourth-order valence-corrected chi connectivity index (χ4v) is 4.18. The molecule has 0 radical (unpaired) electrons. The molecule has 4 nitrogen and oxygen atoms in total. The van der Waals surface area contributed by atoms with Gasteiger partial charge in [-0.05, 0) is 49.8 Å². The first kappa shape index (κ1) is 15.7. The van der Waals surface area contributed by atoms with Crippen LogP contribution < -0.4 is 10.6 Å². The Morgan fingerprint density at radius 1 is 1.36 bits per heavy atom. The molecule has 1 amide bonds. The average Bonchev–Trinajstić information content (AvgIpc) is 2.56. The van der Waals surface area contributed by atoms with Crippen molar-refractivity contribution in [3.05, 3.63) is 23.8 Å². The van der Waals surface area contributed by atoms with Gasteiger partial charge in [0.05, 0.1) is 11.9 Å². The van der Waals surface area contributed by atoms with Crippen LogP contribution in [0.2, 0.25) is 0 Å². The number of thioether (sulfide) groups is 1. The Kier molecular flexibility index (Phi) is 5.26. The van der Waals surface area contributed by atoms with E-state index in [0.717, 1.165) is 55.1 Å². The molecule has 2 aliphatic heterocycles. The van der Waals surface area contributed by atoms with Gasteiger partial charge in [-0.1, -0.05) is 6.07 Å². The van der Waals surface area contributed by atoms with Gasteiger partial charge in [-0.15, -0.1) is 11.8 Å². The molecule has 1 fully saturated rings. The average molecular weight is 320 g/mol. The van der Waals surface area contributed by atoms with Gasteiger partial charge in [-0.2, -0.15) is 0 Å². The minimum absolute atomic E-state index is 0.187. The molecular weight excluding hydrogens is 296 g/mol. The van der Waals surface area contributed by atoms with Gasteiger partial charge >= 0.3 is 0 Å². The third-order valence-electron chi connectivity index (χ3n) is 4.39. The van der Waals surface area contributed by atoms with Crippen molar-refractivity contribution in [1.82, 2.24) is 0 Å². The summed E-state index contributed by atoms with van der Waals surface area (Å²) in [7, 11) is 0. The molecule has 0 bridgehead atoms. The molecule has 3 rings (SSSR count). The fourth-order valence-electron chi connectivity index (χ4n) is 3.21. The van der Waals surface area contributed by atoms with Gasteiger partial charge in [-0.25, -0.2) is 0 Å². The lowest BCUT2D eigenvalue weighted by molar-refractivity contribution is -0.116. The van der Waals surface area contributed by atoms with E-state index >= 15 is 0 Å². The van der Waals surface area contributed by atoms with E-state index in [1.165, 1.54) is 12.8 Å². The summed E-state index contributed by atoms with van der Waals surface area (Å²) in [6, 6.07) is 5.86. The maximum atomic E-state index is 12.5. The summed E-state index contributed by atoms with van der Waals surface area (Å²) in [5, 5.41) is 0. The van der Waals surface area contributed by atoms with Crippen LogP contribution in [0.4, 0.5) is 11.4 Å². The van der Waals surface area contributed by atoms with Gasteiger partial charge in [-0.3, -0.25) is 4.79 Å². The highest BCUT2D eigenvalue weighted by Crippen LogP contribution is 2.31. The van der Waals surface area contributed by atoms with Gasteiger partial charge < -0.3 is 15.4 Å². The third kappa shape index (κ3) is 3.58. The van der Waals surface area contributed by atoms with Crippen LogP contribution in [0.15, 0.2) is 18.2 Å². The normalized spacial score (nSPS) is 21.5. The number of hydrogen-bond donors (Lipinski definition) is 1. The van der Waals surface area contributed by atoms with Crippen LogP contribution in [0.5, 0.6) is 0 Å². The van der Waals surface area contributed by atoms with E-state index in [1.54, 1.807) is 11.8 Å². The first-order chi connectivity index (χ1) is 10.8. The van der Waals surface area contributed by atoms with E-state index in [4.69, 9.17) is 10.5 Å². The second-order valence-electron chi connectivity index (χ2n) is 6.00. The number of nitrogens with zero attached hydrogens (tertiary/aromatic N) is 1. The highest BCUT2D eigenvalue weighted by atomic mass is 32.2. The van der Waals surface area contributed by atoms with Crippen molar-refractivity contribution < 1.29 is 9.53 Å². The summed E-state index contributed by atoms with van der Waals surface area (Å²) >= 11 is 1.69. The number of benzene rings is 1. The topological polar surface area (TPSA) is 55.6 Å². The number of rotatable bonds is 4. The number of ether oxygens (including phenoxy) is 1. The zero-order valence-electron chi connectivity index (χ0n) is 12.9. The van der Waals surface area contributed by atoms with E-state index in [2.05, 4.69) is 0 Å². The van der Waals surface area contributed by atoms with Crippen LogP contribution in [0.1, 0.15) is 31.2 Å². The lowest BCUT2D eigenvalue weighted by Gasteiger charge is -2.30. The molecule has 5 heteroatoms. The van der Waals surface area contributed by atoms with Crippen LogP contribution in [-0.2, 0) is 16.0 Å². The molecular formula is C17H24N2O2S. The Morgan fingerprint density at radius 3 is 3.09 bits per heavy atom. The van der Waals surface area contributed by atoms with E-state index in [-0.39, 0.29) is 5.91 Å². The van der Waals surface area contributed by atoms with Crippen LogP contribution in [0, 0.1) is 0 Å². The number of nitrogens with two attached hydrogens (primary N) is 1. The molecule has 0 aromatic heterocycles. The standard InChI is InChI=1S/C17H24N2O2S/c18-15-7-3-8-16-14(15)6-4-9-19(16)17(20)12-22-11-13-5-1-2-10-21-13/h3,7-8,13H,1-2,4-6,9-12,18H2. The van der Waals surface area contributed by atoms with Crippen molar-refractivity contribution in [2.45, 2.75) is 38.2 Å². The molecule has 0 saturated carbocycles. The quantitative estimate of drug-likeness (QED) is 0.867. The second kappa shape index (κ2) is 7.38. The lowest BCUT2D eigenvalue weighted by atomic mass is 10.00. The Balaban J connectivity index is 1.56. The molecule has 120 valence electrons. The minimum Gasteiger partial charge on any atom is -0.398 e. The largest absolute Gasteiger partial charge is 0.398 e. The molecule has 1 aromatic rings. The fraction of sp³-hybridized carbons (Fsp3) is 0.588. The van der Waals surface area contributed by atoms with Crippen molar-refractivity contribution >= 4 is 29.0 Å². The number of amides is 1. The molecule has 0 aliphatic carbocycles. The van der Waals surface area contributed by atoms with E-state index in [9.17, 15) is 4.79 Å². The molecule has 1 unspecified atom stereocenters. The first-order valence-corrected chi connectivity index (χ1v) is 9.28.